The second-order valence-corrected chi connectivity index (χ2v) is 8.64. The van der Waals surface area contributed by atoms with Crippen molar-refractivity contribution in [2.75, 3.05) is 0 Å². The van der Waals surface area contributed by atoms with Crippen molar-refractivity contribution in [1.82, 2.24) is 9.38 Å². The first-order valence-electron chi connectivity index (χ1n) is 9.59. The van der Waals surface area contributed by atoms with Gasteiger partial charge in [0, 0.05) is 22.7 Å². The van der Waals surface area contributed by atoms with Crippen LogP contribution in [-0.4, -0.2) is 9.38 Å². The van der Waals surface area contributed by atoms with Crippen LogP contribution in [-0.2, 0) is 5.41 Å². The van der Waals surface area contributed by atoms with Crippen molar-refractivity contribution in [3.05, 3.63) is 71.5 Å². The molecule has 0 aliphatic rings. The Morgan fingerprint density at radius 1 is 0.852 bits per heavy atom. The van der Waals surface area contributed by atoms with Crippen LogP contribution in [0.1, 0.15) is 37.6 Å². The summed E-state index contributed by atoms with van der Waals surface area (Å²) < 4.78 is 2.46. The highest BCUT2D eigenvalue weighted by atomic mass is 14.9. The van der Waals surface area contributed by atoms with Gasteiger partial charge in [-0.3, -0.25) is 4.98 Å². The summed E-state index contributed by atoms with van der Waals surface area (Å²) in [5.74, 6) is 0. The lowest BCUT2D eigenvalue weighted by atomic mass is 9.84. The molecule has 0 N–H and O–H groups in total. The third kappa shape index (κ3) is 2.16. The maximum Gasteiger partial charge on any atom is 0.0816 e. The van der Waals surface area contributed by atoms with Crippen LogP contribution < -0.4 is 0 Å². The quantitative estimate of drug-likeness (QED) is 0.224. The van der Waals surface area contributed by atoms with Crippen molar-refractivity contribution in [3.63, 3.8) is 0 Å². The maximum atomic E-state index is 4.82. The van der Waals surface area contributed by atoms with Gasteiger partial charge in [-0.15, -0.1) is 0 Å². The van der Waals surface area contributed by atoms with Crippen molar-refractivity contribution in [1.29, 1.82) is 0 Å². The van der Waals surface area contributed by atoms with Gasteiger partial charge in [-0.05, 0) is 65.4 Å². The maximum absolute atomic E-state index is 4.82. The molecule has 3 aromatic heterocycles. The number of hydrogen-bond acceptors (Lipinski definition) is 1. The molecule has 0 aliphatic carbocycles. The fraction of sp³-hybridized carbons (Fsp3) is 0.240. The second kappa shape index (κ2) is 5.32. The first-order chi connectivity index (χ1) is 12.9. The van der Waals surface area contributed by atoms with E-state index in [1.165, 1.54) is 49.4 Å². The summed E-state index contributed by atoms with van der Waals surface area (Å²) in [6.45, 7) is 11.4. The number of aromatic nitrogens is 2. The largest absolute Gasteiger partial charge is 0.313 e. The summed E-state index contributed by atoms with van der Waals surface area (Å²) in [6.07, 6.45) is 1.91. The molecule has 0 saturated heterocycles. The summed E-state index contributed by atoms with van der Waals surface area (Å²) in [5, 5.41) is 4.98. The molecule has 0 aliphatic heterocycles. The Hall–Kier alpha value is -2.87. The molecule has 2 heteroatoms. The Morgan fingerprint density at radius 2 is 1.56 bits per heavy atom. The van der Waals surface area contributed by atoms with Gasteiger partial charge >= 0.3 is 0 Å². The number of nitrogens with zero attached hydrogens (tertiary/aromatic N) is 2. The van der Waals surface area contributed by atoms with E-state index in [1.807, 2.05) is 6.20 Å². The number of rotatable bonds is 0. The van der Waals surface area contributed by atoms with Gasteiger partial charge in [0.15, 0.2) is 0 Å². The van der Waals surface area contributed by atoms with Gasteiger partial charge < -0.3 is 4.40 Å². The number of pyridine rings is 2. The minimum atomic E-state index is 0.0664. The molecule has 27 heavy (non-hydrogen) atoms. The molecule has 0 unspecified atom stereocenters. The topological polar surface area (TPSA) is 17.3 Å². The van der Waals surface area contributed by atoms with E-state index < -0.39 is 0 Å². The average molecular weight is 352 g/mol. The molecule has 0 bridgehead atoms. The van der Waals surface area contributed by atoms with Gasteiger partial charge in [-0.2, -0.15) is 0 Å². The Morgan fingerprint density at radius 3 is 2.26 bits per heavy atom. The third-order valence-electron chi connectivity index (χ3n) is 5.89. The van der Waals surface area contributed by atoms with Crippen molar-refractivity contribution in [3.8, 4) is 0 Å². The normalized spacial score (nSPS) is 12.6. The molecule has 3 heterocycles. The smallest absolute Gasteiger partial charge is 0.0816 e. The van der Waals surface area contributed by atoms with E-state index in [2.05, 4.69) is 87.6 Å². The van der Waals surface area contributed by atoms with Crippen LogP contribution in [0.2, 0.25) is 0 Å². The Kier molecular flexibility index (Phi) is 3.22. The third-order valence-corrected chi connectivity index (χ3v) is 5.89. The molecule has 5 aromatic rings. The summed E-state index contributed by atoms with van der Waals surface area (Å²) in [4.78, 5) is 4.82. The van der Waals surface area contributed by atoms with Crippen LogP contribution in [0.3, 0.4) is 0 Å². The molecule has 5 rings (SSSR count). The first-order valence-corrected chi connectivity index (χ1v) is 9.59. The molecular formula is C25H24N2. The highest BCUT2D eigenvalue weighted by molar-refractivity contribution is 6.15. The molecule has 2 nitrogen and oxygen atoms in total. The summed E-state index contributed by atoms with van der Waals surface area (Å²) in [7, 11) is 0. The molecule has 0 radical (unpaired) electrons. The molecule has 134 valence electrons. The number of aryl methyl sites for hydroxylation is 1. The Balaban J connectivity index is 2.17. The number of fused-ring (bicyclic) bond motifs is 7. The highest BCUT2D eigenvalue weighted by Gasteiger charge is 2.26. The summed E-state index contributed by atoms with van der Waals surface area (Å²) in [6, 6.07) is 17.5. The molecule has 0 fully saturated rings. The van der Waals surface area contributed by atoms with Crippen LogP contribution in [0.5, 0.6) is 0 Å². The fourth-order valence-corrected chi connectivity index (χ4v) is 4.69. The minimum absolute atomic E-state index is 0.0664. The molecule has 0 atom stereocenters. The van der Waals surface area contributed by atoms with Gasteiger partial charge in [0.1, 0.15) is 0 Å². The van der Waals surface area contributed by atoms with Crippen molar-refractivity contribution < 1.29 is 0 Å². The van der Waals surface area contributed by atoms with E-state index in [4.69, 9.17) is 4.98 Å². The zero-order valence-corrected chi connectivity index (χ0v) is 16.6. The van der Waals surface area contributed by atoms with Crippen LogP contribution in [0.15, 0.2) is 54.7 Å². The zero-order chi connectivity index (χ0) is 18.9. The van der Waals surface area contributed by atoms with Gasteiger partial charge in [-0.1, -0.05) is 45.0 Å². The van der Waals surface area contributed by atoms with Gasteiger partial charge in [0.05, 0.1) is 16.6 Å². The molecule has 0 saturated carbocycles. The van der Waals surface area contributed by atoms with Gasteiger partial charge in [-0.25, -0.2) is 0 Å². The monoisotopic (exact) mass is 352 g/mol. The molecule has 0 amide bonds. The SMILES string of the molecule is Cc1c(C(C)(C)C)c2c3cccnc3c3cc4ccccc4cc3n2c1C. The molecule has 2 aromatic carbocycles. The Labute approximate surface area is 159 Å². The van der Waals surface area contributed by atoms with E-state index in [9.17, 15) is 0 Å². The highest BCUT2D eigenvalue weighted by Crippen LogP contribution is 2.40. The van der Waals surface area contributed by atoms with Crippen LogP contribution in [0.4, 0.5) is 0 Å². The zero-order valence-electron chi connectivity index (χ0n) is 16.6. The fourth-order valence-electron chi connectivity index (χ4n) is 4.69. The molecular weight excluding hydrogens is 328 g/mol. The van der Waals surface area contributed by atoms with Crippen LogP contribution in [0, 0.1) is 13.8 Å². The van der Waals surface area contributed by atoms with E-state index in [0.717, 1.165) is 5.52 Å². The van der Waals surface area contributed by atoms with Gasteiger partial charge in [0.25, 0.3) is 0 Å². The average Bonchev–Trinajstić information content (AvgIpc) is 2.92. The lowest BCUT2D eigenvalue weighted by molar-refractivity contribution is 0.593. The van der Waals surface area contributed by atoms with E-state index in [-0.39, 0.29) is 5.41 Å². The minimum Gasteiger partial charge on any atom is -0.313 e. The first kappa shape index (κ1) is 16.3. The second-order valence-electron chi connectivity index (χ2n) is 8.64. The lowest BCUT2D eigenvalue weighted by Gasteiger charge is -2.21. The predicted molar refractivity (Wildman–Crippen MR) is 116 cm³/mol. The Bertz CT molecular complexity index is 1360. The van der Waals surface area contributed by atoms with Crippen molar-refractivity contribution in [2.45, 2.75) is 40.0 Å². The number of benzene rings is 2. The van der Waals surface area contributed by atoms with Crippen LogP contribution >= 0.6 is 0 Å². The van der Waals surface area contributed by atoms with Crippen LogP contribution in [0.25, 0.3) is 38.1 Å². The van der Waals surface area contributed by atoms with Crippen molar-refractivity contribution in [2.24, 2.45) is 0 Å². The summed E-state index contributed by atoms with van der Waals surface area (Å²) >= 11 is 0. The van der Waals surface area contributed by atoms with Crippen molar-refractivity contribution >= 4 is 38.1 Å². The lowest BCUT2D eigenvalue weighted by Crippen LogP contribution is -2.12. The van der Waals surface area contributed by atoms with E-state index in [1.54, 1.807) is 0 Å². The number of hydrogen-bond donors (Lipinski definition) is 0. The van der Waals surface area contributed by atoms with Gasteiger partial charge in [0.2, 0.25) is 0 Å². The predicted octanol–water partition coefficient (Wildman–Crippen LogP) is 6.71. The standard InChI is InChI=1S/C25H24N2/c1-15-16(2)27-21-14-18-10-7-6-9-17(18)13-20(21)23-19(11-8-12-26-23)24(27)22(15)25(3,4)5/h6-14H,1-5H3. The van der Waals surface area contributed by atoms with E-state index >= 15 is 0 Å². The molecule has 0 spiro atoms. The summed E-state index contributed by atoms with van der Waals surface area (Å²) in [5.41, 5.74) is 7.84. The van der Waals surface area contributed by atoms with E-state index in [0.29, 0.717) is 0 Å².